The first kappa shape index (κ1) is 18.7. The normalized spacial score (nSPS) is 12.2. The summed E-state index contributed by atoms with van der Waals surface area (Å²) in [6.45, 7) is 0.506. The van der Waals surface area contributed by atoms with Gasteiger partial charge in [-0.15, -0.1) is 0 Å². The number of hydrogen-bond acceptors (Lipinski definition) is 5. The number of rotatable bonds is 5. The second-order valence-corrected chi connectivity index (χ2v) is 6.79. The van der Waals surface area contributed by atoms with Gasteiger partial charge >= 0.3 is 5.97 Å². The Labute approximate surface area is 168 Å². The van der Waals surface area contributed by atoms with Crippen molar-refractivity contribution in [2.24, 2.45) is 0 Å². The van der Waals surface area contributed by atoms with Gasteiger partial charge in [-0.05, 0) is 41.5 Å². The summed E-state index contributed by atoms with van der Waals surface area (Å²) in [4.78, 5) is 25.3. The minimum atomic E-state index is -0.346. The van der Waals surface area contributed by atoms with Gasteiger partial charge in [-0.1, -0.05) is 36.4 Å². The average molecular weight is 388 g/mol. The zero-order chi connectivity index (χ0) is 20.2. The summed E-state index contributed by atoms with van der Waals surface area (Å²) in [5.41, 5.74) is 3.43. The van der Waals surface area contributed by atoms with Crippen LogP contribution in [0, 0.1) is 0 Å². The van der Waals surface area contributed by atoms with E-state index >= 15 is 0 Å². The van der Waals surface area contributed by atoms with Gasteiger partial charge in [0.15, 0.2) is 5.78 Å². The van der Waals surface area contributed by atoms with Gasteiger partial charge in [-0.3, -0.25) is 9.59 Å². The van der Waals surface area contributed by atoms with Crippen molar-refractivity contribution in [1.82, 2.24) is 0 Å². The number of benzene rings is 3. The van der Waals surface area contributed by atoms with E-state index in [2.05, 4.69) is 0 Å². The number of carbonyl (C=O) groups excluding carboxylic acids is 2. The van der Waals surface area contributed by atoms with Crippen molar-refractivity contribution in [2.75, 3.05) is 7.11 Å². The first-order valence-electron chi connectivity index (χ1n) is 9.31. The van der Waals surface area contributed by atoms with Gasteiger partial charge in [0.05, 0.1) is 19.1 Å². The monoisotopic (exact) mass is 388 g/mol. The Hall–Kier alpha value is -3.60. The lowest BCUT2D eigenvalue weighted by molar-refractivity contribution is -0.144. The minimum Gasteiger partial charge on any atom is -0.497 e. The van der Waals surface area contributed by atoms with Crippen molar-refractivity contribution in [3.05, 3.63) is 94.5 Å². The fourth-order valence-electron chi connectivity index (χ4n) is 3.28. The molecule has 1 heterocycles. The van der Waals surface area contributed by atoms with Crippen LogP contribution in [0.4, 0.5) is 0 Å². The molecule has 0 fully saturated rings. The fourth-order valence-corrected chi connectivity index (χ4v) is 3.28. The number of hydrogen-bond donors (Lipinski definition) is 0. The number of methoxy groups -OCH3 is 1. The van der Waals surface area contributed by atoms with E-state index in [0.717, 1.165) is 11.1 Å². The molecule has 0 spiro atoms. The van der Waals surface area contributed by atoms with Crippen molar-refractivity contribution in [3.8, 4) is 11.5 Å². The van der Waals surface area contributed by atoms with Gasteiger partial charge in [0.1, 0.15) is 24.7 Å². The largest absolute Gasteiger partial charge is 0.497 e. The zero-order valence-corrected chi connectivity index (χ0v) is 16.0. The van der Waals surface area contributed by atoms with E-state index in [9.17, 15) is 9.59 Å². The highest BCUT2D eigenvalue weighted by molar-refractivity contribution is 6.12. The number of carbonyl (C=O) groups is 2. The lowest BCUT2D eigenvalue weighted by Gasteiger charge is -2.09. The maximum atomic E-state index is 13.0. The Morgan fingerprint density at radius 1 is 0.966 bits per heavy atom. The predicted molar refractivity (Wildman–Crippen MR) is 107 cm³/mol. The first-order valence-corrected chi connectivity index (χ1v) is 9.31. The van der Waals surface area contributed by atoms with Gasteiger partial charge in [0.25, 0.3) is 0 Å². The molecular weight excluding hydrogens is 368 g/mol. The number of esters is 1. The minimum absolute atomic E-state index is 0.0862. The lowest BCUT2D eigenvalue weighted by atomic mass is 9.97. The first-order chi connectivity index (χ1) is 14.1. The Morgan fingerprint density at radius 2 is 1.79 bits per heavy atom. The summed E-state index contributed by atoms with van der Waals surface area (Å²) in [5, 5.41) is 0. The molecule has 146 valence electrons. The molecule has 0 aromatic heterocycles. The SMILES string of the molecule is COc1ccc2c(c1)COc1ccc(CC(=O)OCc3ccccc3)cc1C2=O. The Balaban J connectivity index is 1.51. The smallest absolute Gasteiger partial charge is 0.310 e. The molecule has 29 heavy (non-hydrogen) atoms. The third-order valence-electron chi connectivity index (χ3n) is 4.82. The van der Waals surface area contributed by atoms with Gasteiger partial charge in [-0.2, -0.15) is 0 Å². The Morgan fingerprint density at radius 3 is 2.59 bits per heavy atom. The molecule has 5 nitrogen and oxygen atoms in total. The number of fused-ring (bicyclic) bond motifs is 2. The van der Waals surface area contributed by atoms with Crippen LogP contribution in [-0.2, 0) is 29.2 Å². The summed E-state index contributed by atoms with van der Waals surface area (Å²) in [6.07, 6.45) is 0.0862. The molecule has 5 heteroatoms. The van der Waals surface area contributed by atoms with Crippen LogP contribution in [0.2, 0.25) is 0 Å². The zero-order valence-electron chi connectivity index (χ0n) is 16.0. The van der Waals surface area contributed by atoms with Crippen LogP contribution in [-0.4, -0.2) is 18.9 Å². The molecular formula is C24H20O5. The maximum Gasteiger partial charge on any atom is 0.310 e. The van der Waals surface area contributed by atoms with Crippen LogP contribution >= 0.6 is 0 Å². The maximum absolute atomic E-state index is 13.0. The Kier molecular flexibility index (Phi) is 5.29. The van der Waals surface area contributed by atoms with E-state index in [0.29, 0.717) is 28.2 Å². The van der Waals surface area contributed by atoms with E-state index in [1.54, 1.807) is 43.5 Å². The topological polar surface area (TPSA) is 61.8 Å². The van der Waals surface area contributed by atoms with Crippen molar-refractivity contribution >= 4 is 11.8 Å². The van der Waals surface area contributed by atoms with Gasteiger partial charge in [-0.25, -0.2) is 0 Å². The summed E-state index contributed by atoms with van der Waals surface area (Å²) in [6, 6.07) is 20.0. The van der Waals surface area contributed by atoms with Crippen molar-refractivity contribution in [2.45, 2.75) is 19.6 Å². The second-order valence-electron chi connectivity index (χ2n) is 6.79. The molecule has 1 aliphatic rings. The highest BCUT2D eigenvalue weighted by atomic mass is 16.5. The molecule has 3 aromatic rings. The quantitative estimate of drug-likeness (QED) is 0.616. The summed E-state index contributed by atoms with van der Waals surface area (Å²) >= 11 is 0. The average Bonchev–Trinajstić information content (AvgIpc) is 2.89. The van der Waals surface area contributed by atoms with Gasteiger partial charge in [0.2, 0.25) is 0 Å². The third-order valence-corrected chi connectivity index (χ3v) is 4.82. The van der Waals surface area contributed by atoms with E-state index in [4.69, 9.17) is 14.2 Å². The molecule has 0 N–H and O–H groups in total. The number of ketones is 1. The highest BCUT2D eigenvalue weighted by Gasteiger charge is 2.23. The van der Waals surface area contributed by atoms with Crippen LogP contribution < -0.4 is 9.47 Å². The van der Waals surface area contributed by atoms with Crippen LogP contribution in [0.5, 0.6) is 11.5 Å². The van der Waals surface area contributed by atoms with Gasteiger partial charge in [0, 0.05) is 11.1 Å². The molecule has 0 saturated carbocycles. The van der Waals surface area contributed by atoms with E-state index < -0.39 is 0 Å². The van der Waals surface area contributed by atoms with E-state index in [-0.39, 0.29) is 31.4 Å². The van der Waals surface area contributed by atoms with Crippen molar-refractivity contribution < 1.29 is 23.8 Å². The molecule has 0 aliphatic carbocycles. The second kappa shape index (κ2) is 8.19. The lowest BCUT2D eigenvalue weighted by Crippen LogP contribution is -2.09. The number of ether oxygens (including phenoxy) is 3. The predicted octanol–water partition coefficient (Wildman–Crippen LogP) is 4.10. The molecule has 0 saturated heterocycles. The summed E-state index contributed by atoms with van der Waals surface area (Å²) < 4.78 is 16.4. The summed E-state index contributed by atoms with van der Waals surface area (Å²) in [7, 11) is 1.58. The van der Waals surface area contributed by atoms with E-state index in [1.807, 2.05) is 30.3 Å². The summed E-state index contributed by atoms with van der Waals surface area (Å²) in [5.74, 6) is 0.704. The highest BCUT2D eigenvalue weighted by Crippen LogP contribution is 2.31. The molecule has 0 unspecified atom stereocenters. The van der Waals surface area contributed by atoms with Crippen LogP contribution in [0.25, 0.3) is 0 Å². The van der Waals surface area contributed by atoms with Crippen LogP contribution in [0.15, 0.2) is 66.7 Å². The fraction of sp³-hybridized carbons (Fsp3) is 0.167. The van der Waals surface area contributed by atoms with Crippen LogP contribution in [0.1, 0.15) is 32.6 Å². The molecule has 3 aromatic carbocycles. The molecule has 0 radical (unpaired) electrons. The molecule has 0 atom stereocenters. The molecule has 1 aliphatic heterocycles. The molecule has 4 rings (SSSR count). The third kappa shape index (κ3) is 4.14. The van der Waals surface area contributed by atoms with Crippen molar-refractivity contribution in [1.29, 1.82) is 0 Å². The van der Waals surface area contributed by atoms with Gasteiger partial charge < -0.3 is 14.2 Å². The van der Waals surface area contributed by atoms with Crippen LogP contribution in [0.3, 0.4) is 0 Å². The molecule has 0 amide bonds. The van der Waals surface area contributed by atoms with Crippen molar-refractivity contribution in [3.63, 3.8) is 0 Å². The van der Waals surface area contributed by atoms with E-state index in [1.165, 1.54) is 0 Å². The standard InChI is InChI=1S/C24H20O5/c1-27-19-8-9-20-18(13-19)15-28-22-10-7-17(11-21(22)24(20)26)12-23(25)29-14-16-5-3-2-4-6-16/h2-11,13H,12,14-15H2,1H3. The molecule has 0 bridgehead atoms. The Bertz CT molecular complexity index is 1060.